The lowest BCUT2D eigenvalue weighted by molar-refractivity contribution is 0.598. The summed E-state index contributed by atoms with van der Waals surface area (Å²) in [5.74, 6) is 0.883. The first-order valence-electron chi connectivity index (χ1n) is 5.52. The van der Waals surface area contributed by atoms with E-state index < -0.39 is 10.0 Å². The van der Waals surface area contributed by atoms with E-state index in [0.717, 1.165) is 30.6 Å². The second-order valence-corrected chi connectivity index (χ2v) is 5.57. The SMILES string of the molecule is CCCCc1nc2ccc(S(N)(=O)=O)cc2[nH]1. The Balaban J connectivity index is 2.41. The Labute approximate surface area is 100 Å². The number of aromatic nitrogens is 2. The molecule has 0 spiro atoms. The number of nitrogens with two attached hydrogens (primary N) is 1. The van der Waals surface area contributed by atoms with Gasteiger partial charge >= 0.3 is 0 Å². The molecule has 0 radical (unpaired) electrons. The topological polar surface area (TPSA) is 88.8 Å². The van der Waals surface area contributed by atoms with E-state index in [0.29, 0.717) is 5.52 Å². The molecule has 0 fully saturated rings. The number of hydrogen-bond donors (Lipinski definition) is 2. The summed E-state index contributed by atoms with van der Waals surface area (Å²) in [6, 6.07) is 4.66. The molecule has 92 valence electrons. The fourth-order valence-electron chi connectivity index (χ4n) is 1.68. The summed E-state index contributed by atoms with van der Waals surface area (Å²) in [6.45, 7) is 2.11. The van der Waals surface area contributed by atoms with Gasteiger partial charge in [0.25, 0.3) is 0 Å². The predicted octanol–water partition coefficient (Wildman–Crippen LogP) is 1.55. The first kappa shape index (κ1) is 12.1. The first-order valence-corrected chi connectivity index (χ1v) is 7.07. The molecule has 6 heteroatoms. The molecule has 1 aromatic heterocycles. The molecular weight excluding hydrogens is 238 g/mol. The summed E-state index contributed by atoms with van der Waals surface area (Å²) in [7, 11) is -3.65. The van der Waals surface area contributed by atoms with Crippen molar-refractivity contribution in [2.45, 2.75) is 31.1 Å². The van der Waals surface area contributed by atoms with Crippen LogP contribution in [-0.4, -0.2) is 18.4 Å². The van der Waals surface area contributed by atoms with Crippen LogP contribution in [-0.2, 0) is 16.4 Å². The van der Waals surface area contributed by atoms with Crippen molar-refractivity contribution in [1.82, 2.24) is 9.97 Å². The highest BCUT2D eigenvalue weighted by Gasteiger charge is 2.10. The van der Waals surface area contributed by atoms with Crippen LogP contribution in [0.2, 0.25) is 0 Å². The maximum absolute atomic E-state index is 11.2. The Kier molecular flexibility index (Phi) is 3.17. The van der Waals surface area contributed by atoms with Crippen molar-refractivity contribution in [3.8, 4) is 0 Å². The predicted molar refractivity (Wildman–Crippen MR) is 66.1 cm³/mol. The van der Waals surface area contributed by atoms with E-state index in [1.807, 2.05) is 0 Å². The normalized spacial score (nSPS) is 12.1. The fraction of sp³-hybridized carbons (Fsp3) is 0.364. The third kappa shape index (κ3) is 2.65. The van der Waals surface area contributed by atoms with Crippen LogP contribution >= 0.6 is 0 Å². The Morgan fingerprint density at radius 3 is 2.82 bits per heavy atom. The van der Waals surface area contributed by atoms with Crippen molar-refractivity contribution >= 4 is 21.1 Å². The molecule has 0 bridgehead atoms. The van der Waals surface area contributed by atoms with Gasteiger partial charge in [0.1, 0.15) is 5.82 Å². The lowest BCUT2D eigenvalue weighted by Gasteiger charge is -1.96. The average molecular weight is 253 g/mol. The Morgan fingerprint density at radius 2 is 2.18 bits per heavy atom. The van der Waals surface area contributed by atoms with Gasteiger partial charge in [-0.25, -0.2) is 18.5 Å². The minimum atomic E-state index is -3.65. The van der Waals surface area contributed by atoms with Gasteiger partial charge < -0.3 is 4.98 Å². The highest BCUT2D eigenvalue weighted by Crippen LogP contribution is 2.17. The number of fused-ring (bicyclic) bond motifs is 1. The summed E-state index contributed by atoms with van der Waals surface area (Å²) in [5.41, 5.74) is 1.48. The Hall–Kier alpha value is -1.40. The van der Waals surface area contributed by atoms with Crippen LogP contribution in [0.15, 0.2) is 23.1 Å². The largest absolute Gasteiger partial charge is 0.342 e. The van der Waals surface area contributed by atoms with Crippen molar-refractivity contribution in [2.24, 2.45) is 5.14 Å². The van der Waals surface area contributed by atoms with Crippen LogP contribution in [0.4, 0.5) is 0 Å². The number of sulfonamides is 1. The molecule has 1 heterocycles. The van der Waals surface area contributed by atoms with Gasteiger partial charge in [-0.3, -0.25) is 0 Å². The summed E-state index contributed by atoms with van der Waals surface area (Å²) in [4.78, 5) is 7.60. The first-order chi connectivity index (χ1) is 8.00. The molecule has 0 saturated heterocycles. The van der Waals surface area contributed by atoms with Crippen LogP contribution in [0, 0.1) is 0 Å². The van der Waals surface area contributed by atoms with Crippen molar-refractivity contribution < 1.29 is 8.42 Å². The highest BCUT2D eigenvalue weighted by atomic mass is 32.2. The van der Waals surface area contributed by atoms with E-state index in [1.54, 1.807) is 6.07 Å². The molecule has 2 aromatic rings. The van der Waals surface area contributed by atoms with Crippen molar-refractivity contribution in [3.05, 3.63) is 24.0 Å². The lowest BCUT2D eigenvalue weighted by atomic mass is 10.2. The van der Waals surface area contributed by atoms with Gasteiger partial charge in [0.2, 0.25) is 10.0 Å². The van der Waals surface area contributed by atoms with Gasteiger partial charge in [0, 0.05) is 6.42 Å². The van der Waals surface area contributed by atoms with Crippen LogP contribution in [0.3, 0.4) is 0 Å². The zero-order chi connectivity index (χ0) is 12.5. The molecule has 0 aliphatic heterocycles. The monoisotopic (exact) mass is 253 g/mol. The van der Waals surface area contributed by atoms with Crippen molar-refractivity contribution in [1.29, 1.82) is 0 Å². The van der Waals surface area contributed by atoms with Crippen LogP contribution in [0.1, 0.15) is 25.6 Å². The summed E-state index contributed by atoms with van der Waals surface area (Å²) in [5, 5.41) is 5.07. The third-order valence-electron chi connectivity index (χ3n) is 2.60. The van der Waals surface area contributed by atoms with Gasteiger partial charge in [0.05, 0.1) is 15.9 Å². The molecule has 1 aromatic carbocycles. The quantitative estimate of drug-likeness (QED) is 0.866. The van der Waals surface area contributed by atoms with E-state index in [1.165, 1.54) is 12.1 Å². The average Bonchev–Trinajstić information content (AvgIpc) is 2.66. The van der Waals surface area contributed by atoms with Crippen molar-refractivity contribution in [3.63, 3.8) is 0 Å². The molecule has 0 saturated carbocycles. The minimum absolute atomic E-state index is 0.107. The molecule has 17 heavy (non-hydrogen) atoms. The van der Waals surface area contributed by atoms with Crippen LogP contribution in [0.25, 0.3) is 11.0 Å². The summed E-state index contributed by atoms with van der Waals surface area (Å²) >= 11 is 0. The maximum atomic E-state index is 11.2. The van der Waals surface area contributed by atoms with Crippen LogP contribution < -0.4 is 5.14 Å². The van der Waals surface area contributed by atoms with Gasteiger partial charge in [0.15, 0.2) is 0 Å². The van der Waals surface area contributed by atoms with E-state index >= 15 is 0 Å². The molecule has 0 atom stereocenters. The standard InChI is InChI=1S/C11H15N3O2S/c1-2-3-4-11-13-9-6-5-8(17(12,15)16)7-10(9)14-11/h5-7H,2-4H2,1H3,(H,13,14)(H2,12,15,16). The number of aromatic amines is 1. The second-order valence-electron chi connectivity index (χ2n) is 4.01. The molecule has 0 unspecified atom stereocenters. The van der Waals surface area contributed by atoms with Gasteiger partial charge in [-0.05, 0) is 24.6 Å². The fourth-order valence-corrected chi connectivity index (χ4v) is 2.22. The van der Waals surface area contributed by atoms with E-state index in [-0.39, 0.29) is 4.90 Å². The second kappa shape index (κ2) is 4.46. The van der Waals surface area contributed by atoms with Gasteiger partial charge in [-0.1, -0.05) is 13.3 Å². The number of aryl methyl sites for hydroxylation is 1. The third-order valence-corrected chi connectivity index (χ3v) is 3.51. The number of rotatable bonds is 4. The number of H-pyrrole nitrogens is 1. The number of nitrogens with zero attached hydrogens (tertiary/aromatic N) is 1. The van der Waals surface area contributed by atoms with Crippen LogP contribution in [0.5, 0.6) is 0 Å². The molecule has 0 aliphatic rings. The van der Waals surface area contributed by atoms with E-state index in [2.05, 4.69) is 16.9 Å². The lowest BCUT2D eigenvalue weighted by Crippen LogP contribution is -2.11. The van der Waals surface area contributed by atoms with Crippen molar-refractivity contribution in [2.75, 3.05) is 0 Å². The van der Waals surface area contributed by atoms with Gasteiger partial charge in [-0.15, -0.1) is 0 Å². The van der Waals surface area contributed by atoms with Gasteiger partial charge in [-0.2, -0.15) is 0 Å². The molecule has 0 amide bonds. The Bertz CT molecular complexity index is 631. The number of nitrogens with one attached hydrogen (secondary N) is 1. The zero-order valence-electron chi connectivity index (χ0n) is 9.60. The summed E-state index contributed by atoms with van der Waals surface area (Å²) in [6.07, 6.45) is 3.03. The maximum Gasteiger partial charge on any atom is 0.238 e. The number of benzene rings is 1. The molecule has 5 nitrogen and oxygen atoms in total. The van der Waals surface area contributed by atoms with E-state index in [9.17, 15) is 8.42 Å². The zero-order valence-corrected chi connectivity index (χ0v) is 10.4. The minimum Gasteiger partial charge on any atom is -0.342 e. The highest BCUT2D eigenvalue weighted by molar-refractivity contribution is 7.89. The molecule has 0 aliphatic carbocycles. The smallest absolute Gasteiger partial charge is 0.238 e. The molecule has 3 N–H and O–H groups in total. The molecule has 2 rings (SSSR count). The Morgan fingerprint density at radius 1 is 1.41 bits per heavy atom. The number of unbranched alkanes of at least 4 members (excludes halogenated alkanes) is 1. The van der Waals surface area contributed by atoms with E-state index in [4.69, 9.17) is 5.14 Å². The number of primary sulfonamides is 1. The summed E-state index contributed by atoms with van der Waals surface area (Å²) < 4.78 is 22.4. The number of imidazole rings is 1. The molecular formula is C11H15N3O2S. The number of hydrogen-bond acceptors (Lipinski definition) is 3.